The summed E-state index contributed by atoms with van der Waals surface area (Å²) in [4.78, 5) is 0. The molecule has 0 aliphatic heterocycles. The molecule has 0 aliphatic carbocycles. The van der Waals surface area contributed by atoms with Gasteiger partial charge in [0.25, 0.3) is 0 Å². The van der Waals surface area contributed by atoms with Gasteiger partial charge in [0.2, 0.25) is 0 Å². The number of nitriles is 1. The van der Waals surface area contributed by atoms with Crippen molar-refractivity contribution >= 4 is 0 Å². The van der Waals surface area contributed by atoms with Gasteiger partial charge in [-0.2, -0.15) is 5.26 Å². The smallest absolute Gasteiger partial charge is 0.102 e. The number of nitrogens with zero attached hydrogens (tertiary/aromatic N) is 2. The van der Waals surface area contributed by atoms with Crippen molar-refractivity contribution in [1.29, 1.82) is 5.26 Å². The molecule has 3 nitrogen and oxygen atoms in total. The van der Waals surface area contributed by atoms with Crippen LogP contribution in [-0.4, -0.2) is 43.4 Å². The topological polar surface area (TPSA) is 44.0 Å². The predicted octanol–water partition coefficient (Wildman–Crippen LogP) is 0.359. The monoisotopic (exact) mass is 157 g/mol. The van der Waals surface area contributed by atoms with E-state index in [0.29, 0.717) is 6.42 Å². The first kappa shape index (κ1) is 10.4. The summed E-state index contributed by atoms with van der Waals surface area (Å²) in [5.74, 6) is 0. The molecule has 0 bridgehead atoms. The fraction of sp³-hybridized carbons (Fsp3) is 0.875. The Balaban J connectivity index is 3.48. The number of likely N-dealkylation sites (N-methyl/N-ethyl adjacent to an activating group) is 1. The summed E-state index contributed by atoms with van der Waals surface area (Å²) >= 11 is 0. The van der Waals surface area contributed by atoms with Crippen molar-refractivity contribution in [3.8, 4) is 6.07 Å². The second kappa shape index (κ2) is 5.11. The Morgan fingerprint density at radius 1 is 1.36 bits per heavy atom. The molecule has 11 heavy (non-hydrogen) atoms. The standard InChI is InChI=1S/C8H17N2O/c1-10(2,7-8-11)6-4-3-5-9/h11H,3-4,6-8H2,1-2H3/q+1. The van der Waals surface area contributed by atoms with Gasteiger partial charge in [-0.25, -0.2) is 0 Å². The third kappa shape index (κ3) is 5.84. The third-order valence-electron chi connectivity index (χ3n) is 1.76. The fourth-order valence-corrected chi connectivity index (χ4v) is 0.969. The molecule has 64 valence electrons. The number of unbranched alkanes of at least 4 members (excludes halogenated alkanes) is 1. The minimum atomic E-state index is 0.222. The Morgan fingerprint density at radius 2 is 2.00 bits per heavy atom. The van der Waals surface area contributed by atoms with Crippen molar-refractivity contribution in [1.82, 2.24) is 0 Å². The Hall–Kier alpha value is -0.590. The van der Waals surface area contributed by atoms with E-state index in [9.17, 15) is 0 Å². The number of rotatable bonds is 5. The lowest BCUT2D eigenvalue weighted by atomic mass is 10.3. The molecule has 0 heterocycles. The molecule has 0 saturated heterocycles. The van der Waals surface area contributed by atoms with Gasteiger partial charge < -0.3 is 9.59 Å². The Kier molecular flexibility index (Phi) is 4.84. The van der Waals surface area contributed by atoms with Crippen LogP contribution in [0.1, 0.15) is 12.8 Å². The summed E-state index contributed by atoms with van der Waals surface area (Å²) in [7, 11) is 4.13. The van der Waals surface area contributed by atoms with E-state index in [1.807, 2.05) is 0 Å². The zero-order valence-corrected chi connectivity index (χ0v) is 7.38. The number of aliphatic hydroxyl groups excluding tert-OH is 1. The highest BCUT2D eigenvalue weighted by molar-refractivity contribution is 4.67. The molecular weight excluding hydrogens is 140 g/mol. The maximum Gasteiger partial charge on any atom is 0.102 e. The normalized spacial score (nSPS) is 11.1. The SMILES string of the molecule is C[N+](C)(CCO)CCCC#N. The van der Waals surface area contributed by atoms with Gasteiger partial charge in [-0.3, -0.25) is 0 Å². The van der Waals surface area contributed by atoms with Gasteiger partial charge in [0.1, 0.15) is 6.54 Å². The summed E-state index contributed by atoms with van der Waals surface area (Å²) in [5, 5.41) is 17.0. The Bertz CT molecular complexity index is 138. The van der Waals surface area contributed by atoms with Gasteiger partial charge in [-0.1, -0.05) is 0 Å². The van der Waals surface area contributed by atoms with Crippen LogP contribution >= 0.6 is 0 Å². The average Bonchev–Trinajstić information content (AvgIpc) is 1.87. The van der Waals surface area contributed by atoms with Crippen LogP contribution in [0.4, 0.5) is 0 Å². The van der Waals surface area contributed by atoms with E-state index in [2.05, 4.69) is 20.2 Å². The number of hydrogen-bond donors (Lipinski definition) is 1. The molecule has 0 fully saturated rings. The highest BCUT2D eigenvalue weighted by Crippen LogP contribution is 1.99. The molecule has 0 unspecified atom stereocenters. The van der Waals surface area contributed by atoms with Gasteiger partial charge in [-0.15, -0.1) is 0 Å². The molecular formula is C8H17N2O+. The van der Waals surface area contributed by atoms with Gasteiger partial charge >= 0.3 is 0 Å². The first-order valence-corrected chi connectivity index (χ1v) is 3.92. The predicted molar refractivity (Wildman–Crippen MR) is 43.8 cm³/mol. The highest BCUT2D eigenvalue weighted by atomic mass is 16.3. The summed E-state index contributed by atoms with van der Waals surface area (Å²) in [6.07, 6.45) is 1.54. The molecule has 0 aromatic heterocycles. The highest BCUT2D eigenvalue weighted by Gasteiger charge is 2.12. The van der Waals surface area contributed by atoms with Gasteiger partial charge in [0, 0.05) is 12.8 Å². The average molecular weight is 157 g/mol. The van der Waals surface area contributed by atoms with Crippen LogP contribution in [0.3, 0.4) is 0 Å². The van der Waals surface area contributed by atoms with Gasteiger partial charge in [0.15, 0.2) is 0 Å². The first-order valence-electron chi connectivity index (χ1n) is 3.92. The second-order valence-corrected chi connectivity index (χ2v) is 3.37. The minimum Gasteiger partial charge on any atom is -0.391 e. The van der Waals surface area contributed by atoms with Crippen LogP contribution in [0.5, 0.6) is 0 Å². The molecule has 0 atom stereocenters. The Morgan fingerprint density at radius 3 is 2.45 bits per heavy atom. The second-order valence-electron chi connectivity index (χ2n) is 3.37. The molecule has 0 saturated carbocycles. The lowest BCUT2D eigenvalue weighted by molar-refractivity contribution is -0.890. The molecule has 0 radical (unpaired) electrons. The van der Waals surface area contributed by atoms with Crippen molar-refractivity contribution in [2.24, 2.45) is 0 Å². The van der Waals surface area contributed by atoms with Crippen LogP contribution < -0.4 is 0 Å². The molecule has 0 aliphatic rings. The van der Waals surface area contributed by atoms with Crippen LogP contribution in [0.25, 0.3) is 0 Å². The number of quaternary nitrogens is 1. The van der Waals surface area contributed by atoms with Crippen LogP contribution in [0, 0.1) is 11.3 Å². The quantitative estimate of drug-likeness (QED) is 0.462. The van der Waals surface area contributed by atoms with Gasteiger partial charge in [-0.05, 0) is 0 Å². The zero-order chi connectivity index (χ0) is 8.74. The van der Waals surface area contributed by atoms with Crippen molar-refractivity contribution in [2.75, 3.05) is 33.8 Å². The van der Waals surface area contributed by atoms with E-state index in [-0.39, 0.29) is 6.61 Å². The van der Waals surface area contributed by atoms with Crippen molar-refractivity contribution in [3.05, 3.63) is 0 Å². The summed E-state index contributed by atoms with van der Waals surface area (Å²) < 4.78 is 0.804. The lowest BCUT2D eigenvalue weighted by Gasteiger charge is -2.28. The van der Waals surface area contributed by atoms with E-state index in [1.54, 1.807) is 0 Å². The lowest BCUT2D eigenvalue weighted by Crippen LogP contribution is -2.42. The van der Waals surface area contributed by atoms with E-state index < -0.39 is 0 Å². The number of hydrogen-bond acceptors (Lipinski definition) is 2. The fourth-order valence-electron chi connectivity index (χ4n) is 0.969. The van der Waals surface area contributed by atoms with Crippen molar-refractivity contribution in [2.45, 2.75) is 12.8 Å². The maximum absolute atomic E-state index is 8.68. The van der Waals surface area contributed by atoms with E-state index in [4.69, 9.17) is 10.4 Å². The summed E-state index contributed by atoms with van der Waals surface area (Å²) in [5.41, 5.74) is 0. The Labute approximate surface area is 68.5 Å². The van der Waals surface area contributed by atoms with Crippen LogP contribution in [0.2, 0.25) is 0 Å². The molecule has 1 N–H and O–H groups in total. The molecule has 0 aromatic rings. The van der Waals surface area contributed by atoms with E-state index >= 15 is 0 Å². The molecule has 0 spiro atoms. The first-order chi connectivity index (χ1) is 5.12. The van der Waals surface area contributed by atoms with Crippen molar-refractivity contribution < 1.29 is 9.59 Å². The maximum atomic E-state index is 8.68. The molecule has 0 rings (SSSR count). The molecule has 3 heteroatoms. The molecule has 0 aromatic carbocycles. The third-order valence-corrected chi connectivity index (χ3v) is 1.76. The minimum absolute atomic E-state index is 0.222. The molecule has 0 amide bonds. The zero-order valence-electron chi connectivity index (χ0n) is 7.38. The van der Waals surface area contributed by atoms with Gasteiger partial charge in [0.05, 0.1) is 33.3 Å². The van der Waals surface area contributed by atoms with Crippen molar-refractivity contribution in [3.63, 3.8) is 0 Å². The van der Waals surface area contributed by atoms with E-state index in [0.717, 1.165) is 24.0 Å². The van der Waals surface area contributed by atoms with Crippen LogP contribution in [0.15, 0.2) is 0 Å². The number of aliphatic hydroxyl groups is 1. The largest absolute Gasteiger partial charge is 0.391 e. The summed E-state index contributed by atoms with van der Waals surface area (Å²) in [6.45, 7) is 1.96. The van der Waals surface area contributed by atoms with Crippen LogP contribution in [-0.2, 0) is 0 Å². The summed E-state index contributed by atoms with van der Waals surface area (Å²) in [6, 6.07) is 2.11. The van der Waals surface area contributed by atoms with E-state index in [1.165, 1.54) is 0 Å².